The summed E-state index contributed by atoms with van der Waals surface area (Å²) in [6.07, 6.45) is 0. The predicted molar refractivity (Wildman–Crippen MR) is 78.6 cm³/mol. The minimum atomic E-state index is -0.344. The summed E-state index contributed by atoms with van der Waals surface area (Å²) in [5.41, 5.74) is 0.978. The second-order valence-corrected chi connectivity index (χ2v) is 5.35. The first-order valence-electron chi connectivity index (χ1n) is 6.02. The molecule has 0 heterocycles. The quantitative estimate of drug-likeness (QED) is 0.847. The third-order valence-electron chi connectivity index (χ3n) is 2.64. The van der Waals surface area contributed by atoms with Gasteiger partial charge in [-0.25, -0.2) is 4.39 Å². The Morgan fingerprint density at radius 2 is 2.10 bits per heavy atom. The number of rotatable bonds is 4. The molecule has 5 heteroatoms. The number of hydrogen-bond donors (Lipinski definition) is 2. The molecule has 3 nitrogen and oxygen atoms in total. The number of phenols is 1. The van der Waals surface area contributed by atoms with Crippen molar-refractivity contribution in [3.05, 3.63) is 53.8 Å². The van der Waals surface area contributed by atoms with Gasteiger partial charge in [0.1, 0.15) is 11.6 Å². The molecule has 20 heavy (non-hydrogen) atoms. The van der Waals surface area contributed by atoms with Gasteiger partial charge in [-0.1, -0.05) is 12.1 Å². The van der Waals surface area contributed by atoms with E-state index >= 15 is 0 Å². The van der Waals surface area contributed by atoms with E-state index in [1.807, 2.05) is 6.07 Å². The molecular weight excluding hydrogens is 277 g/mol. The molecule has 0 bridgehead atoms. The third kappa shape index (κ3) is 3.99. The van der Waals surface area contributed by atoms with Gasteiger partial charge in [-0.2, -0.15) is 0 Å². The molecule has 0 atom stereocenters. The first-order chi connectivity index (χ1) is 9.54. The van der Waals surface area contributed by atoms with Crippen LogP contribution in [0.4, 0.5) is 10.1 Å². The molecule has 2 N–H and O–H groups in total. The van der Waals surface area contributed by atoms with Crippen LogP contribution in [-0.4, -0.2) is 16.8 Å². The molecule has 0 aliphatic rings. The molecular formula is C15H14FNO2S. The summed E-state index contributed by atoms with van der Waals surface area (Å²) in [4.78, 5) is 12.6. The predicted octanol–water partition coefficient (Wildman–Crippen LogP) is 3.57. The molecule has 0 spiro atoms. The van der Waals surface area contributed by atoms with Crippen LogP contribution in [0.15, 0.2) is 47.4 Å². The van der Waals surface area contributed by atoms with Gasteiger partial charge in [0.25, 0.3) is 0 Å². The smallest absolute Gasteiger partial charge is 0.234 e. The fraction of sp³-hybridized carbons (Fsp3) is 0.133. The van der Waals surface area contributed by atoms with Gasteiger partial charge in [0, 0.05) is 10.6 Å². The SMILES string of the molecule is Cc1ccc(NC(=O)CSc2cccc(O)c2)cc1F. The van der Waals surface area contributed by atoms with E-state index in [0.717, 1.165) is 4.90 Å². The van der Waals surface area contributed by atoms with Crippen LogP contribution >= 0.6 is 11.8 Å². The Hall–Kier alpha value is -2.01. The van der Waals surface area contributed by atoms with Gasteiger partial charge in [-0.15, -0.1) is 11.8 Å². The fourth-order valence-corrected chi connectivity index (χ4v) is 2.34. The molecule has 2 aromatic rings. The number of thioether (sulfide) groups is 1. The van der Waals surface area contributed by atoms with E-state index in [0.29, 0.717) is 11.3 Å². The number of carbonyl (C=O) groups is 1. The van der Waals surface area contributed by atoms with Crippen LogP contribution in [0.5, 0.6) is 5.75 Å². The van der Waals surface area contributed by atoms with E-state index in [1.165, 1.54) is 17.8 Å². The van der Waals surface area contributed by atoms with Crippen molar-refractivity contribution >= 4 is 23.4 Å². The van der Waals surface area contributed by atoms with Gasteiger partial charge < -0.3 is 10.4 Å². The zero-order chi connectivity index (χ0) is 14.5. The highest BCUT2D eigenvalue weighted by atomic mass is 32.2. The highest BCUT2D eigenvalue weighted by Gasteiger charge is 2.06. The number of benzene rings is 2. The lowest BCUT2D eigenvalue weighted by molar-refractivity contribution is -0.113. The number of phenolic OH excluding ortho intramolecular Hbond substituents is 1. The van der Waals surface area contributed by atoms with E-state index in [9.17, 15) is 14.3 Å². The minimum absolute atomic E-state index is 0.163. The molecule has 2 rings (SSSR count). The lowest BCUT2D eigenvalue weighted by atomic mass is 10.2. The first kappa shape index (κ1) is 14.4. The van der Waals surface area contributed by atoms with Crippen LogP contribution in [0.25, 0.3) is 0 Å². The average Bonchev–Trinajstić information content (AvgIpc) is 2.41. The Bertz CT molecular complexity index is 631. The molecule has 0 fully saturated rings. The summed E-state index contributed by atoms with van der Waals surface area (Å²) in [6, 6.07) is 11.3. The number of hydrogen-bond acceptors (Lipinski definition) is 3. The normalized spacial score (nSPS) is 10.3. The van der Waals surface area contributed by atoms with Crippen molar-refractivity contribution in [3.63, 3.8) is 0 Å². The molecule has 0 aromatic heterocycles. The van der Waals surface area contributed by atoms with Crippen molar-refractivity contribution in [2.24, 2.45) is 0 Å². The Balaban J connectivity index is 1.91. The van der Waals surface area contributed by atoms with Crippen molar-refractivity contribution in [3.8, 4) is 5.75 Å². The van der Waals surface area contributed by atoms with Crippen molar-refractivity contribution in [1.29, 1.82) is 0 Å². The van der Waals surface area contributed by atoms with Crippen LogP contribution < -0.4 is 5.32 Å². The van der Waals surface area contributed by atoms with E-state index in [4.69, 9.17) is 0 Å². The summed E-state index contributed by atoms with van der Waals surface area (Å²) >= 11 is 1.30. The van der Waals surface area contributed by atoms with Gasteiger partial charge in [-0.3, -0.25) is 4.79 Å². The Morgan fingerprint density at radius 1 is 1.30 bits per heavy atom. The van der Waals surface area contributed by atoms with Gasteiger partial charge in [0.2, 0.25) is 5.91 Å². The Morgan fingerprint density at radius 3 is 2.80 bits per heavy atom. The maximum Gasteiger partial charge on any atom is 0.234 e. The largest absolute Gasteiger partial charge is 0.508 e. The highest BCUT2D eigenvalue weighted by Crippen LogP contribution is 2.22. The van der Waals surface area contributed by atoms with Gasteiger partial charge in [0.05, 0.1) is 5.75 Å². The zero-order valence-electron chi connectivity index (χ0n) is 10.9. The summed E-state index contributed by atoms with van der Waals surface area (Å²) in [5, 5.41) is 11.9. The van der Waals surface area contributed by atoms with E-state index in [1.54, 1.807) is 37.3 Å². The minimum Gasteiger partial charge on any atom is -0.508 e. The van der Waals surface area contributed by atoms with Crippen molar-refractivity contribution in [1.82, 2.24) is 0 Å². The standard InChI is InChI=1S/C15H14FNO2S/c1-10-5-6-11(7-14(10)16)17-15(19)9-20-13-4-2-3-12(18)8-13/h2-8,18H,9H2,1H3,(H,17,19). The topological polar surface area (TPSA) is 49.3 Å². The summed E-state index contributed by atoms with van der Waals surface area (Å²) in [6.45, 7) is 1.67. The maximum absolute atomic E-state index is 13.3. The van der Waals surface area contributed by atoms with E-state index < -0.39 is 0 Å². The molecule has 1 amide bonds. The Labute approximate surface area is 120 Å². The molecule has 0 saturated carbocycles. The monoisotopic (exact) mass is 291 g/mol. The molecule has 2 aromatic carbocycles. The first-order valence-corrected chi connectivity index (χ1v) is 7.01. The second-order valence-electron chi connectivity index (χ2n) is 4.30. The number of aryl methyl sites for hydroxylation is 1. The van der Waals surface area contributed by atoms with Gasteiger partial charge >= 0.3 is 0 Å². The molecule has 0 saturated heterocycles. The number of carbonyl (C=O) groups excluding carboxylic acids is 1. The molecule has 0 aliphatic carbocycles. The van der Waals surface area contributed by atoms with Crippen molar-refractivity contribution in [2.75, 3.05) is 11.1 Å². The molecule has 0 aliphatic heterocycles. The van der Waals surface area contributed by atoms with Crippen LogP contribution in [0.1, 0.15) is 5.56 Å². The molecule has 0 unspecified atom stereocenters. The van der Waals surface area contributed by atoms with Crippen LogP contribution in [-0.2, 0) is 4.79 Å². The van der Waals surface area contributed by atoms with Crippen LogP contribution in [0.3, 0.4) is 0 Å². The maximum atomic E-state index is 13.3. The lowest BCUT2D eigenvalue weighted by Gasteiger charge is -2.06. The average molecular weight is 291 g/mol. The number of amides is 1. The highest BCUT2D eigenvalue weighted by molar-refractivity contribution is 8.00. The van der Waals surface area contributed by atoms with Gasteiger partial charge in [0.15, 0.2) is 0 Å². The van der Waals surface area contributed by atoms with Crippen molar-refractivity contribution in [2.45, 2.75) is 11.8 Å². The third-order valence-corrected chi connectivity index (χ3v) is 3.64. The van der Waals surface area contributed by atoms with E-state index in [2.05, 4.69) is 5.32 Å². The number of nitrogens with one attached hydrogen (secondary N) is 1. The van der Waals surface area contributed by atoms with E-state index in [-0.39, 0.29) is 23.2 Å². The lowest BCUT2D eigenvalue weighted by Crippen LogP contribution is -2.14. The molecule has 104 valence electrons. The van der Waals surface area contributed by atoms with Crippen LogP contribution in [0.2, 0.25) is 0 Å². The fourth-order valence-electron chi connectivity index (χ4n) is 1.59. The number of halogens is 1. The number of aromatic hydroxyl groups is 1. The zero-order valence-corrected chi connectivity index (χ0v) is 11.7. The van der Waals surface area contributed by atoms with Crippen molar-refractivity contribution < 1.29 is 14.3 Å². The van der Waals surface area contributed by atoms with Gasteiger partial charge in [-0.05, 0) is 42.8 Å². The summed E-state index contributed by atoms with van der Waals surface area (Å²) in [5.74, 6) is -0.208. The van der Waals surface area contributed by atoms with Crippen LogP contribution in [0, 0.1) is 12.7 Å². The summed E-state index contributed by atoms with van der Waals surface area (Å²) < 4.78 is 13.3. The summed E-state index contributed by atoms with van der Waals surface area (Å²) in [7, 11) is 0. The number of anilines is 1. The second kappa shape index (κ2) is 6.43. The Kier molecular flexibility index (Phi) is 4.63. The molecule has 0 radical (unpaired) electrons.